The van der Waals surface area contributed by atoms with Crippen LogP contribution < -0.4 is 10.1 Å². The van der Waals surface area contributed by atoms with Gasteiger partial charge >= 0.3 is 12.4 Å². The van der Waals surface area contributed by atoms with Crippen LogP contribution in [-0.4, -0.2) is 55.7 Å². The van der Waals surface area contributed by atoms with E-state index >= 15 is 0 Å². The second-order valence-corrected chi connectivity index (χ2v) is 10.7. The maximum Gasteiger partial charge on any atom is 0.416 e. The molecule has 10 heteroatoms. The quantitative estimate of drug-likeness (QED) is 0.316. The summed E-state index contributed by atoms with van der Waals surface area (Å²) in [6.45, 7) is 3.48. The first kappa shape index (κ1) is 29.4. The molecule has 1 aliphatic carbocycles. The van der Waals surface area contributed by atoms with E-state index in [2.05, 4.69) is 39.4 Å². The largest absolute Gasteiger partial charge is 0.496 e. The molecule has 5 rings (SSSR count). The second kappa shape index (κ2) is 12.0. The first-order chi connectivity index (χ1) is 19.5. The molecule has 1 unspecified atom stereocenters. The van der Waals surface area contributed by atoms with Gasteiger partial charge in [0, 0.05) is 50.9 Å². The summed E-state index contributed by atoms with van der Waals surface area (Å²) in [5.41, 5.74) is 1.03. The summed E-state index contributed by atoms with van der Waals surface area (Å²) >= 11 is 0. The second-order valence-electron chi connectivity index (χ2n) is 10.7. The summed E-state index contributed by atoms with van der Waals surface area (Å²) in [4.78, 5) is 4.83. The van der Waals surface area contributed by atoms with E-state index in [4.69, 9.17) is 4.74 Å². The highest BCUT2D eigenvalue weighted by molar-refractivity contribution is 5.37. The number of methoxy groups -OCH3 is 1. The third-order valence-corrected chi connectivity index (χ3v) is 8.15. The van der Waals surface area contributed by atoms with E-state index < -0.39 is 23.5 Å². The summed E-state index contributed by atoms with van der Waals surface area (Å²) in [6.07, 6.45) is -7.69. The zero-order chi connectivity index (χ0) is 29.2. The SMILES string of the molecule is COc1ccccc1C(CNCc1cc(C(F)(F)F)cc(C(F)(F)F)c1)N1CCN(C2Cc3ccccc3C2)CC1. The Bertz CT molecular complexity index is 1280. The first-order valence-electron chi connectivity index (χ1n) is 13.7. The molecule has 3 aromatic carbocycles. The van der Waals surface area contributed by atoms with Gasteiger partial charge in [-0.05, 0) is 53.8 Å². The number of halogens is 6. The molecule has 1 fully saturated rings. The van der Waals surface area contributed by atoms with Gasteiger partial charge in [0.15, 0.2) is 0 Å². The van der Waals surface area contributed by atoms with Crippen molar-refractivity contribution in [3.63, 3.8) is 0 Å². The van der Waals surface area contributed by atoms with Gasteiger partial charge in [0.25, 0.3) is 0 Å². The number of hydrogen-bond acceptors (Lipinski definition) is 4. The molecule has 220 valence electrons. The monoisotopic (exact) mass is 577 g/mol. The average Bonchev–Trinajstić information content (AvgIpc) is 3.39. The van der Waals surface area contributed by atoms with Gasteiger partial charge in [0.1, 0.15) is 5.75 Å². The summed E-state index contributed by atoms with van der Waals surface area (Å²) in [5, 5.41) is 3.14. The van der Waals surface area contributed by atoms with Gasteiger partial charge in [-0.3, -0.25) is 9.80 Å². The van der Waals surface area contributed by atoms with Crippen LogP contribution in [-0.2, 0) is 31.7 Å². The van der Waals surface area contributed by atoms with Gasteiger partial charge in [-0.25, -0.2) is 0 Å². The Labute approximate surface area is 235 Å². The number of nitrogens with zero attached hydrogens (tertiary/aromatic N) is 2. The van der Waals surface area contributed by atoms with Crippen LogP contribution in [0.25, 0.3) is 0 Å². The van der Waals surface area contributed by atoms with Crippen molar-refractivity contribution in [3.05, 3.63) is 100 Å². The van der Waals surface area contributed by atoms with Crippen LogP contribution in [0.4, 0.5) is 26.3 Å². The summed E-state index contributed by atoms with van der Waals surface area (Å²) < 4.78 is 85.7. The molecule has 0 amide bonds. The fourth-order valence-electron chi connectivity index (χ4n) is 6.06. The smallest absolute Gasteiger partial charge is 0.416 e. The van der Waals surface area contributed by atoms with Crippen molar-refractivity contribution in [1.82, 2.24) is 15.1 Å². The van der Waals surface area contributed by atoms with Crippen LogP contribution in [0.5, 0.6) is 5.75 Å². The van der Waals surface area contributed by atoms with Crippen LogP contribution >= 0.6 is 0 Å². The molecule has 1 atom stereocenters. The van der Waals surface area contributed by atoms with E-state index in [1.54, 1.807) is 7.11 Å². The molecular formula is C31H33F6N3O. The summed E-state index contributed by atoms with van der Waals surface area (Å²) in [5.74, 6) is 0.686. The number of alkyl halides is 6. The maximum atomic E-state index is 13.3. The highest BCUT2D eigenvalue weighted by Gasteiger charge is 2.37. The molecule has 1 aliphatic heterocycles. The van der Waals surface area contributed by atoms with E-state index in [0.717, 1.165) is 56.7 Å². The maximum absolute atomic E-state index is 13.3. The van der Waals surface area contributed by atoms with E-state index in [-0.39, 0.29) is 24.2 Å². The number of rotatable bonds is 8. The Balaban J connectivity index is 1.29. The van der Waals surface area contributed by atoms with Gasteiger partial charge in [-0.15, -0.1) is 0 Å². The highest BCUT2D eigenvalue weighted by Crippen LogP contribution is 2.37. The van der Waals surface area contributed by atoms with Crippen molar-refractivity contribution in [1.29, 1.82) is 0 Å². The topological polar surface area (TPSA) is 27.7 Å². The molecule has 1 heterocycles. The van der Waals surface area contributed by atoms with Crippen molar-refractivity contribution in [2.75, 3.05) is 39.8 Å². The molecule has 0 aromatic heterocycles. The predicted molar refractivity (Wildman–Crippen MR) is 145 cm³/mol. The average molecular weight is 578 g/mol. The Morgan fingerprint density at radius 1 is 0.805 bits per heavy atom. The van der Waals surface area contributed by atoms with Crippen molar-refractivity contribution < 1.29 is 31.1 Å². The van der Waals surface area contributed by atoms with E-state index in [9.17, 15) is 26.3 Å². The third-order valence-electron chi connectivity index (χ3n) is 8.15. The van der Waals surface area contributed by atoms with Crippen molar-refractivity contribution in [2.24, 2.45) is 0 Å². The number of ether oxygens (including phenoxy) is 1. The predicted octanol–water partition coefficient (Wildman–Crippen LogP) is 6.35. The van der Waals surface area contributed by atoms with Gasteiger partial charge in [-0.1, -0.05) is 42.5 Å². The Hall–Kier alpha value is -3.08. The zero-order valence-electron chi connectivity index (χ0n) is 22.7. The van der Waals surface area contributed by atoms with Crippen LogP contribution in [0, 0.1) is 0 Å². The third kappa shape index (κ3) is 6.88. The molecule has 2 aliphatic rings. The van der Waals surface area contributed by atoms with E-state index in [1.807, 2.05) is 24.3 Å². The van der Waals surface area contributed by atoms with E-state index in [1.165, 1.54) is 11.1 Å². The summed E-state index contributed by atoms with van der Waals surface area (Å²) in [6, 6.07) is 18.1. The number of fused-ring (bicyclic) bond motifs is 1. The fraction of sp³-hybridized carbons (Fsp3) is 0.419. The van der Waals surface area contributed by atoms with E-state index in [0.29, 0.717) is 18.3 Å². The number of nitrogens with one attached hydrogen (secondary N) is 1. The molecule has 1 saturated heterocycles. The van der Waals surface area contributed by atoms with Crippen molar-refractivity contribution in [3.8, 4) is 5.75 Å². The lowest BCUT2D eigenvalue weighted by Crippen LogP contribution is -2.52. The van der Waals surface area contributed by atoms with Crippen LogP contribution in [0.2, 0.25) is 0 Å². The molecule has 41 heavy (non-hydrogen) atoms. The molecule has 3 aromatic rings. The minimum absolute atomic E-state index is 0.0726. The number of benzene rings is 3. The standard InChI is InChI=1S/C31H33F6N3O/c1-41-29-9-5-4-8-27(29)28(20-38-19-21-14-24(30(32,33)34)18-25(15-21)31(35,36)37)40-12-10-39(11-13-40)26-16-22-6-2-3-7-23(22)17-26/h2-9,14-15,18,26,28,38H,10-13,16-17,19-20H2,1H3. The lowest BCUT2D eigenvalue weighted by Gasteiger charge is -2.42. The molecular weight excluding hydrogens is 544 g/mol. The molecule has 0 saturated carbocycles. The van der Waals surface area contributed by atoms with Crippen molar-refractivity contribution >= 4 is 0 Å². The number of piperazine rings is 1. The lowest BCUT2D eigenvalue weighted by atomic mass is 10.0. The molecule has 4 nitrogen and oxygen atoms in total. The van der Waals surface area contributed by atoms with Gasteiger partial charge in [-0.2, -0.15) is 26.3 Å². The highest BCUT2D eigenvalue weighted by atomic mass is 19.4. The zero-order valence-corrected chi connectivity index (χ0v) is 22.7. The molecule has 0 spiro atoms. The Morgan fingerprint density at radius 3 is 1.93 bits per heavy atom. The minimum atomic E-state index is -4.88. The van der Waals surface area contributed by atoms with Crippen LogP contribution in [0.1, 0.15) is 39.4 Å². The van der Waals surface area contributed by atoms with Crippen LogP contribution in [0.15, 0.2) is 66.7 Å². The Kier molecular flexibility index (Phi) is 8.63. The Morgan fingerprint density at radius 2 is 1.37 bits per heavy atom. The number of para-hydroxylation sites is 1. The van der Waals surface area contributed by atoms with Gasteiger partial charge in [0.2, 0.25) is 0 Å². The van der Waals surface area contributed by atoms with Crippen molar-refractivity contribution in [2.45, 2.75) is 43.8 Å². The number of hydrogen-bond donors (Lipinski definition) is 1. The minimum Gasteiger partial charge on any atom is -0.496 e. The normalized spacial score (nSPS) is 17.9. The lowest BCUT2D eigenvalue weighted by molar-refractivity contribution is -0.143. The van der Waals surface area contributed by atoms with Crippen LogP contribution in [0.3, 0.4) is 0 Å². The van der Waals surface area contributed by atoms with Gasteiger partial charge < -0.3 is 10.1 Å². The molecule has 0 radical (unpaired) electrons. The molecule has 1 N–H and O–H groups in total. The first-order valence-corrected chi connectivity index (χ1v) is 13.7. The van der Waals surface area contributed by atoms with Gasteiger partial charge in [0.05, 0.1) is 24.3 Å². The fourth-order valence-corrected chi connectivity index (χ4v) is 6.06. The molecule has 0 bridgehead atoms. The summed E-state index contributed by atoms with van der Waals surface area (Å²) in [7, 11) is 1.58.